The number of carbonyl (C=O) groups is 1. The SMILES string of the molecule is Cc1ccccc1-c1ccc(N2CCN(CCCCC3(C(=O)NCC(F)(F)F)c4ccccc4-c4ccccc43)CC2)cc1. The minimum atomic E-state index is -4.47. The van der Waals surface area contributed by atoms with E-state index in [1.54, 1.807) is 0 Å². The number of nitrogens with zero attached hydrogens (tertiary/aromatic N) is 2. The van der Waals surface area contributed by atoms with Crippen molar-refractivity contribution in [2.24, 2.45) is 0 Å². The van der Waals surface area contributed by atoms with Crippen molar-refractivity contribution in [1.29, 1.82) is 0 Å². The Labute approximate surface area is 257 Å². The second kappa shape index (κ2) is 12.5. The number of halogens is 3. The molecule has 0 spiro atoms. The normalized spacial score (nSPS) is 16.0. The Morgan fingerprint density at radius 3 is 1.91 bits per heavy atom. The average Bonchev–Trinajstić information content (AvgIpc) is 3.33. The zero-order valence-electron chi connectivity index (χ0n) is 25.0. The number of alkyl halides is 3. The molecule has 0 unspecified atom stereocenters. The van der Waals surface area contributed by atoms with Crippen LogP contribution in [0.25, 0.3) is 22.3 Å². The van der Waals surface area contributed by atoms with Gasteiger partial charge in [0.15, 0.2) is 0 Å². The molecule has 1 aliphatic heterocycles. The molecule has 1 aliphatic carbocycles. The van der Waals surface area contributed by atoms with Gasteiger partial charge in [0.25, 0.3) is 0 Å². The number of rotatable bonds is 9. The molecule has 1 heterocycles. The molecule has 0 bridgehead atoms. The van der Waals surface area contributed by atoms with E-state index in [2.05, 4.69) is 70.6 Å². The van der Waals surface area contributed by atoms with Gasteiger partial charge < -0.3 is 10.2 Å². The van der Waals surface area contributed by atoms with Crippen LogP contribution in [0.3, 0.4) is 0 Å². The molecule has 44 heavy (non-hydrogen) atoms. The molecular formula is C37H38F3N3O. The first-order valence-corrected chi connectivity index (χ1v) is 15.4. The summed E-state index contributed by atoms with van der Waals surface area (Å²) in [5.41, 5.74) is 7.28. The summed E-state index contributed by atoms with van der Waals surface area (Å²) in [7, 11) is 0. The first-order chi connectivity index (χ1) is 21.3. The van der Waals surface area contributed by atoms with Crippen molar-refractivity contribution in [3.05, 3.63) is 114 Å². The lowest BCUT2D eigenvalue weighted by Gasteiger charge is -2.36. The summed E-state index contributed by atoms with van der Waals surface area (Å²) in [4.78, 5) is 18.6. The molecule has 0 radical (unpaired) electrons. The van der Waals surface area contributed by atoms with Crippen LogP contribution in [-0.2, 0) is 10.2 Å². The largest absolute Gasteiger partial charge is 0.405 e. The summed E-state index contributed by atoms with van der Waals surface area (Å²) in [5.74, 6) is -0.575. The first kappa shape index (κ1) is 29.9. The lowest BCUT2D eigenvalue weighted by molar-refractivity contribution is -0.141. The van der Waals surface area contributed by atoms with Gasteiger partial charge in [-0.2, -0.15) is 13.2 Å². The number of carbonyl (C=O) groups excluding carboxylic acids is 1. The van der Waals surface area contributed by atoms with Crippen LogP contribution in [0.2, 0.25) is 0 Å². The molecule has 4 aromatic rings. The van der Waals surface area contributed by atoms with Gasteiger partial charge in [0.2, 0.25) is 5.91 Å². The maximum atomic E-state index is 13.7. The van der Waals surface area contributed by atoms with Gasteiger partial charge in [0.05, 0.1) is 0 Å². The second-order valence-electron chi connectivity index (χ2n) is 11.9. The Morgan fingerprint density at radius 1 is 0.750 bits per heavy atom. The van der Waals surface area contributed by atoms with Crippen LogP contribution in [0.15, 0.2) is 97.1 Å². The van der Waals surface area contributed by atoms with Gasteiger partial charge in [-0.05, 0) is 77.4 Å². The summed E-state index contributed by atoms with van der Waals surface area (Å²) in [5, 5.41) is 2.23. The molecule has 1 fully saturated rings. The van der Waals surface area contributed by atoms with Gasteiger partial charge >= 0.3 is 6.18 Å². The van der Waals surface area contributed by atoms with Gasteiger partial charge in [0, 0.05) is 31.9 Å². The maximum Gasteiger partial charge on any atom is 0.405 e. The molecule has 7 heteroatoms. The minimum Gasteiger partial charge on any atom is -0.369 e. The highest BCUT2D eigenvalue weighted by Gasteiger charge is 2.49. The van der Waals surface area contributed by atoms with Crippen LogP contribution in [0.5, 0.6) is 0 Å². The molecule has 0 aromatic heterocycles. The smallest absolute Gasteiger partial charge is 0.369 e. The van der Waals surface area contributed by atoms with Gasteiger partial charge in [0.1, 0.15) is 12.0 Å². The van der Waals surface area contributed by atoms with Crippen LogP contribution in [0, 0.1) is 6.92 Å². The van der Waals surface area contributed by atoms with Crippen LogP contribution in [0.4, 0.5) is 18.9 Å². The molecule has 2 aliphatic rings. The van der Waals surface area contributed by atoms with E-state index in [0.717, 1.165) is 67.8 Å². The number of hydrogen-bond acceptors (Lipinski definition) is 3. The predicted molar refractivity (Wildman–Crippen MR) is 171 cm³/mol. The number of hydrogen-bond donors (Lipinski definition) is 1. The average molecular weight is 598 g/mol. The fraction of sp³-hybridized carbons (Fsp3) is 0.324. The molecular weight excluding hydrogens is 559 g/mol. The maximum absolute atomic E-state index is 13.7. The van der Waals surface area contributed by atoms with E-state index in [9.17, 15) is 18.0 Å². The number of anilines is 1. The number of aryl methyl sites for hydroxylation is 1. The lowest BCUT2D eigenvalue weighted by atomic mass is 9.73. The highest BCUT2D eigenvalue weighted by Crippen LogP contribution is 2.51. The topological polar surface area (TPSA) is 35.6 Å². The van der Waals surface area contributed by atoms with E-state index in [0.29, 0.717) is 6.42 Å². The van der Waals surface area contributed by atoms with Crippen molar-refractivity contribution in [1.82, 2.24) is 10.2 Å². The molecule has 228 valence electrons. The van der Waals surface area contributed by atoms with Gasteiger partial charge in [-0.1, -0.05) is 91.3 Å². The number of piperazine rings is 1. The summed E-state index contributed by atoms with van der Waals surface area (Å²) < 4.78 is 39.4. The van der Waals surface area contributed by atoms with Crippen molar-refractivity contribution >= 4 is 11.6 Å². The minimum absolute atomic E-state index is 0.456. The third-order valence-electron chi connectivity index (χ3n) is 9.24. The molecule has 4 nitrogen and oxygen atoms in total. The molecule has 1 N–H and O–H groups in total. The highest BCUT2D eigenvalue weighted by atomic mass is 19.4. The van der Waals surface area contributed by atoms with Gasteiger partial charge in [-0.15, -0.1) is 0 Å². The Morgan fingerprint density at radius 2 is 1.32 bits per heavy atom. The Balaban J connectivity index is 1.08. The lowest BCUT2D eigenvalue weighted by Crippen LogP contribution is -2.47. The van der Waals surface area contributed by atoms with Crippen LogP contribution >= 0.6 is 0 Å². The van der Waals surface area contributed by atoms with E-state index >= 15 is 0 Å². The Kier molecular flexibility index (Phi) is 8.50. The predicted octanol–water partition coefficient (Wildman–Crippen LogP) is 7.60. The number of amides is 1. The summed E-state index contributed by atoms with van der Waals surface area (Å²) >= 11 is 0. The molecule has 0 atom stereocenters. The zero-order chi connectivity index (χ0) is 30.7. The zero-order valence-corrected chi connectivity index (χ0v) is 25.0. The monoisotopic (exact) mass is 597 g/mol. The van der Waals surface area contributed by atoms with E-state index in [4.69, 9.17) is 0 Å². The van der Waals surface area contributed by atoms with E-state index in [1.165, 1.54) is 22.4 Å². The number of nitrogens with one attached hydrogen (secondary N) is 1. The van der Waals surface area contributed by atoms with Crippen LogP contribution in [0.1, 0.15) is 36.0 Å². The molecule has 6 rings (SSSR count). The Bertz CT molecular complexity index is 1560. The molecule has 4 aromatic carbocycles. The number of benzene rings is 4. The number of unbranched alkanes of at least 4 members (excludes halogenated alkanes) is 1. The fourth-order valence-electron chi connectivity index (χ4n) is 6.99. The van der Waals surface area contributed by atoms with Crippen molar-refractivity contribution in [2.75, 3.05) is 44.2 Å². The third kappa shape index (κ3) is 5.98. The number of fused-ring (bicyclic) bond motifs is 3. The van der Waals surface area contributed by atoms with Crippen LogP contribution < -0.4 is 10.2 Å². The third-order valence-corrected chi connectivity index (χ3v) is 9.24. The summed E-state index contributed by atoms with van der Waals surface area (Å²) in [6, 6.07) is 32.5. The molecule has 0 saturated carbocycles. The van der Waals surface area contributed by atoms with E-state index < -0.39 is 24.0 Å². The highest BCUT2D eigenvalue weighted by molar-refractivity contribution is 6.00. The second-order valence-corrected chi connectivity index (χ2v) is 11.9. The van der Waals surface area contributed by atoms with Crippen molar-refractivity contribution in [2.45, 2.75) is 37.8 Å². The van der Waals surface area contributed by atoms with Crippen LogP contribution in [-0.4, -0.2) is 56.3 Å². The molecule has 1 saturated heterocycles. The summed E-state index contributed by atoms with van der Waals surface area (Å²) in [6.07, 6.45) is -2.43. The van der Waals surface area contributed by atoms with Gasteiger partial charge in [-0.25, -0.2) is 0 Å². The van der Waals surface area contributed by atoms with Crippen molar-refractivity contribution in [3.63, 3.8) is 0 Å². The Hall–Kier alpha value is -4.10. The van der Waals surface area contributed by atoms with E-state index in [1.807, 2.05) is 48.5 Å². The standard InChI is InChI=1S/C37H38F3N3O/c1-27-10-2-3-11-30(27)28-16-18-29(19-17-28)43-24-22-42(23-25-43)21-9-8-20-36(35(44)41-26-37(38,39)40)33-14-6-4-12-31(33)32-13-5-7-15-34(32)36/h2-7,10-19H,8-9,20-26H2,1H3,(H,41,44). The van der Waals surface area contributed by atoms with Crippen molar-refractivity contribution in [3.8, 4) is 22.3 Å². The quantitative estimate of drug-likeness (QED) is 0.202. The first-order valence-electron chi connectivity index (χ1n) is 15.4. The van der Waals surface area contributed by atoms with Crippen molar-refractivity contribution < 1.29 is 18.0 Å². The fourth-order valence-corrected chi connectivity index (χ4v) is 6.99. The van der Waals surface area contributed by atoms with Gasteiger partial charge in [-0.3, -0.25) is 9.69 Å². The summed E-state index contributed by atoms with van der Waals surface area (Å²) in [6.45, 7) is 5.46. The van der Waals surface area contributed by atoms with E-state index in [-0.39, 0.29) is 0 Å². The molecule has 1 amide bonds.